The first-order valence-corrected chi connectivity index (χ1v) is 8.84. The van der Waals surface area contributed by atoms with Gasteiger partial charge in [0, 0.05) is 18.8 Å². The molecule has 1 aliphatic rings. The van der Waals surface area contributed by atoms with Gasteiger partial charge in [-0.3, -0.25) is 14.4 Å². The van der Waals surface area contributed by atoms with Crippen LogP contribution in [0.4, 0.5) is 0 Å². The van der Waals surface area contributed by atoms with Crippen LogP contribution in [0.3, 0.4) is 0 Å². The number of hydrogen-bond donors (Lipinski definition) is 1. The lowest BCUT2D eigenvalue weighted by Gasteiger charge is -2.18. The molecule has 0 saturated carbocycles. The van der Waals surface area contributed by atoms with Crippen LogP contribution in [0.1, 0.15) is 19.8 Å². The van der Waals surface area contributed by atoms with Gasteiger partial charge in [-0.05, 0) is 50.6 Å². The maximum Gasteiger partial charge on any atom is 0.234 e. The summed E-state index contributed by atoms with van der Waals surface area (Å²) in [6.07, 6.45) is 6.19. The van der Waals surface area contributed by atoms with Crippen LogP contribution in [0.15, 0.2) is 36.7 Å². The van der Waals surface area contributed by atoms with Crippen molar-refractivity contribution in [3.05, 3.63) is 36.7 Å². The highest BCUT2D eigenvalue weighted by Gasteiger charge is 2.16. The van der Waals surface area contributed by atoms with Gasteiger partial charge >= 0.3 is 0 Å². The van der Waals surface area contributed by atoms with E-state index in [0.717, 1.165) is 30.0 Å². The standard InChI is InChI=1S/C19H26N4O2/c1-15(21-19(24)13-23-8-3-4-9-23)14-25-18-7-5-6-16(10-18)17-11-20-22(2)12-17/h5-7,10-12,15H,3-4,8-9,13-14H2,1-2H3,(H,21,24)/t15-/m1/s1. The van der Waals surface area contributed by atoms with E-state index in [0.29, 0.717) is 13.2 Å². The molecule has 0 spiro atoms. The third-order valence-corrected chi connectivity index (χ3v) is 4.35. The van der Waals surface area contributed by atoms with Crippen molar-refractivity contribution < 1.29 is 9.53 Å². The van der Waals surface area contributed by atoms with Gasteiger partial charge in [-0.25, -0.2) is 0 Å². The van der Waals surface area contributed by atoms with Gasteiger partial charge in [-0.15, -0.1) is 0 Å². The second kappa shape index (κ2) is 8.16. The minimum absolute atomic E-state index is 0.0304. The first kappa shape index (κ1) is 17.5. The number of carbonyl (C=O) groups is 1. The van der Waals surface area contributed by atoms with Gasteiger partial charge in [0.1, 0.15) is 12.4 Å². The van der Waals surface area contributed by atoms with Crippen molar-refractivity contribution in [1.82, 2.24) is 20.0 Å². The van der Waals surface area contributed by atoms with Crippen molar-refractivity contribution in [1.29, 1.82) is 0 Å². The van der Waals surface area contributed by atoms with E-state index in [1.807, 2.05) is 50.6 Å². The van der Waals surface area contributed by atoms with E-state index in [1.165, 1.54) is 12.8 Å². The lowest BCUT2D eigenvalue weighted by atomic mass is 10.1. The Morgan fingerprint density at radius 1 is 1.32 bits per heavy atom. The molecule has 1 aromatic carbocycles. The molecule has 2 aromatic rings. The molecule has 1 N–H and O–H groups in total. The second-order valence-corrected chi connectivity index (χ2v) is 6.69. The van der Waals surface area contributed by atoms with E-state index in [1.54, 1.807) is 4.68 Å². The van der Waals surface area contributed by atoms with E-state index in [-0.39, 0.29) is 11.9 Å². The van der Waals surface area contributed by atoms with Crippen LogP contribution in [0.2, 0.25) is 0 Å². The number of aromatic nitrogens is 2. The number of hydrogen-bond acceptors (Lipinski definition) is 4. The summed E-state index contributed by atoms with van der Waals surface area (Å²) in [5.74, 6) is 0.865. The number of benzene rings is 1. The number of amides is 1. The van der Waals surface area contributed by atoms with E-state index in [4.69, 9.17) is 4.74 Å². The van der Waals surface area contributed by atoms with Gasteiger partial charge < -0.3 is 10.1 Å². The fourth-order valence-corrected chi connectivity index (χ4v) is 3.06. The predicted molar refractivity (Wildman–Crippen MR) is 97.4 cm³/mol. The van der Waals surface area contributed by atoms with Crippen molar-refractivity contribution in [3.8, 4) is 16.9 Å². The van der Waals surface area contributed by atoms with Gasteiger partial charge in [-0.1, -0.05) is 12.1 Å². The van der Waals surface area contributed by atoms with Crippen molar-refractivity contribution in [2.24, 2.45) is 7.05 Å². The third kappa shape index (κ3) is 5.06. The molecule has 0 radical (unpaired) electrons. The van der Waals surface area contributed by atoms with Gasteiger partial charge in [0.2, 0.25) is 5.91 Å². The summed E-state index contributed by atoms with van der Waals surface area (Å²) in [5.41, 5.74) is 2.12. The first-order valence-electron chi connectivity index (χ1n) is 8.84. The Bertz CT molecular complexity index is 707. The number of carbonyl (C=O) groups excluding carboxylic acids is 1. The number of nitrogens with one attached hydrogen (secondary N) is 1. The minimum atomic E-state index is -0.0304. The summed E-state index contributed by atoms with van der Waals surface area (Å²) >= 11 is 0. The first-order chi connectivity index (χ1) is 12.1. The Morgan fingerprint density at radius 3 is 2.84 bits per heavy atom. The minimum Gasteiger partial charge on any atom is -0.491 e. The number of aryl methyl sites for hydroxylation is 1. The molecule has 2 heterocycles. The van der Waals surface area contributed by atoms with Gasteiger partial charge in [0.05, 0.1) is 18.8 Å². The van der Waals surface area contributed by atoms with Gasteiger partial charge in [0.25, 0.3) is 0 Å². The molecule has 1 fully saturated rings. The van der Waals surface area contributed by atoms with Crippen LogP contribution in [-0.2, 0) is 11.8 Å². The van der Waals surface area contributed by atoms with E-state index >= 15 is 0 Å². The summed E-state index contributed by atoms with van der Waals surface area (Å²) in [5, 5.41) is 7.20. The molecule has 0 aliphatic carbocycles. The highest BCUT2D eigenvalue weighted by Crippen LogP contribution is 2.23. The van der Waals surface area contributed by atoms with Crippen molar-refractivity contribution >= 4 is 5.91 Å². The number of rotatable bonds is 7. The fourth-order valence-electron chi connectivity index (χ4n) is 3.06. The number of ether oxygens (including phenoxy) is 1. The van der Waals surface area contributed by atoms with Crippen LogP contribution in [-0.4, -0.2) is 52.9 Å². The third-order valence-electron chi connectivity index (χ3n) is 4.35. The predicted octanol–water partition coefficient (Wildman–Crippen LogP) is 2.07. The molecule has 1 amide bonds. The quantitative estimate of drug-likeness (QED) is 0.837. The lowest BCUT2D eigenvalue weighted by Crippen LogP contribution is -2.42. The normalized spacial score (nSPS) is 15.9. The highest BCUT2D eigenvalue weighted by atomic mass is 16.5. The Labute approximate surface area is 148 Å². The van der Waals surface area contributed by atoms with Crippen LogP contribution in [0, 0.1) is 0 Å². The SMILES string of the molecule is C[C@H](COc1cccc(-c2cnn(C)c2)c1)NC(=O)CN1CCCC1. The number of likely N-dealkylation sites (tertiary alicyclic amines) is 1. The molecule has 0 bridgehead atoms. The van der Waals surface area contributed by atoms with Crippen LogP contribution in [0.5, 0.6) is 5.75 Å². The van der Waals surface area contributed by atoms with Crippen molar-refractivity contribution in [2.75, 3.05) is 26.2 Å². The average Bonchev–Trinajstić information content (AvgIpc) is 3.25. The molecule has 134 valence electrons. The van der Waals surface area contributed by atoms with Crippen molar-refractivity contribution in [3.63, 3.8) is 0 Å². The van der Waals surface area contributed by atoms with Crippen LogP contribution < -0.4 is 10.1 Å². The molecule has 1 saturated heterocycles. The van der Waals surface area contributed by atoms with E-state index in [2.05, 4.69) is 15.3 Å². The van der Waals surface area contributed by atoms with Gasteiger partial charge in [0.15, 0.2) is 0 Å². The van der Waals surface area contributed by atoms with E-state index < -0.39 is 0 Å². The summed E-state index contributed by atoms with van der Waals surface area (Å²) in [6, 6.07) is 7.89. The maximum atomic E-state index is 12.0. The fraction of sp³-hybridized carbons (Fsp3) is 0.474. The van der Waals surface area contributed by atoms with Crippen molar-refractivity contribution in [2.45, 2.75) is 25.8 Å². The smallest absolute Gasteiger partial charge is 0.234 e. The van der Waals surface area contributed by atoms with Crippen LogP contribution in [0.25, 0.3) is 11.1 Å². The molecular weight excluding hydrogens is 316 g/mol. The Kier molecular flexibility index (Phi) is 5.71. The molecule has 1 aliphatic heterocycles. The average molecular weight is 342 g/mol. The molecule has 6 heteroatoms. The molecule has 1 atom stereocenters. The topological polar surface area (TPSA) is 59.4 Å². The largest absolute Gasteiger partial charge is 0.491 e. The Balaban J connectivity index is 1.48. The summed E-state index contributed by atoms with van der Waals surface area (Å²) < 4.78 is 7.63. The second-order valence-electron chi connectivity index (χ2n) is 6.69. The van der Waals surface area contributed by atoms with Crippen LogP contribution >= 0.6 is 0 Å². The van der Waals surface area contributed by atoms with Gasteiger partial charge in [-0.2, -0.15) is 5.10 Å². The molecule has 6 nitrogen and oxygen atoms in total. The Hall–Kier alpha value is -2.34. The lowest BCUT2D eigenvalue weighted by molar-refractivity contribution is -0.122. The zero-order valence-corrected chi connectivity index (χ0v) is 14.9. The summed E-state index contributed by atoms with van der Waals surface area (Å²) in [6.45, 7) is 4.95. The maximum absolute atomic E-state index is 12.0. The molecule has 25 heavy (non-hydrogen) atoms. The summed E-state index contributed by atoms with van der Waals surface area (Å²) in [4.78, 5) is 14.2. The Morgan fingerprint density at radius 2 is 2.12 bits per heavy atom. The number of nitrogens with zero attached hydrogens (tertiary/aromatic N) is 3. The molecular formula is C19H26N4O2. The zero-order chi connectivity index (χ0) is 17.6. The molecule has 1 aromatic heterocycles. The highest BCUT2D eigenvalue weighted by molar-refractivity contribution is 5.78. The monoisotopic (exact) mass is 342 g/mol. The van der Waals surface area contributed by atoms with E-state index in [9.17, 15) is 4.79 Å². The molecule has 0 unspecified atom stereocenters. The zero-order valence-electron chi connectivity index (χ0n) is 14.9. The molecule has 3 rings (SSSR count). The summed E-state index contributed by atoms with van der Waals surface area (Å²) in [7, 11) is 1.90.